The summed E-state index contributed by atoms with van der Waals surface area (Å²) in [6.07, 6.45) is 2.35. The van der Waals surface area contributed by atoms with Crippen LogP contribution in [0, 0.1) is 5.82 Å². The molecule has 0 atom stereocenters. The molecule has 1 heterocycles. The molecule has 0 aliphatic rings. The molecule has 1 aromatic heterocycles. The average Bonchev–Trinajstić information content (AvgIpc) is 2.63. The topological polar surface area (TPSA) is 62.7 Å². The lowest BCUT2D eigenvalue weighted by atomic mass is 9.86. The number of hydrogen-bond donors (Lipinski definition) is 2. The van der Waals surface area contributed by atoms with E-state index in [9.17, 15) is 4.39 Å². The summed E-state index contributed by atoms with van der Waals surface area (Å²) in [5.74, 6) is 0.860. The standard InChI is InChI=1S/C21H24FN5/c1-21(2,3)17-6-4-5-7-18(17)25-20-26-19(14-24-27-20)23-13-12-15-8-10-16(22)11-9-15/h4-11,14H,12-13H2,1-3H3,(H2,23,25,26,27). The highest BCUT2D eigenvalue weighted by molar-refractivity contribution is 5.60. The number of nitrogens with zero attached hydrogens (tertiary/aromatic N) is 3. The largest absolute Gasteiger partial charge is 0.368 e. The molecular weight excluding hydrogens is 341 g/mol. The van der Waals surface area contributed by atoms with E-state index < -0.39 is 0 Å². The van der Waals surface area contributed by atoms with Crippen LogP contribution in [0.2, 0.25) is 0 Å². The van der Waals surface area contributed by atoms with E-state index in [1.165, 1.54) is 17.7 Å². The molecule has 3 rings (SSSR count). The maximum Gasteiger partial charge on any atom is 0.249 e. The first-order chi connectivity index (χ1) is 12.9. The number of rotatable bonds is 6. The second-order valence-electron chi connectivity index (χ2n) is 7.39. The molecule has 2 aromatic carbocycles. The molecule has 140 valence electrons. The van der Waals surface area contributed by atoms with Crippen molar-refractivity contribution >= 4 is 17.5 Å². The Balaban J connectivity index is 1.65. The van der Waals surface area contributed by atoms with Crippen LogP contribution in [0.3, 0.4) is 0 Å². The van der Waals surface area contributed by atoms with Crippen LogP contribution >= 0.6 is 0 Å². The number of benzene rings is 2. The Bertz CT molecular complexity index is 888. The van der Waals surface area contributed by atoms with Crippen LogP contribution in [0.4, 0.5) is 21.8 Å². The third-order valence-corrected chi connectivity index (χ3v) is 4.17. The van der Waals surface area contributed by atoms with Gasteiger partial charge in [0.15, 0.2) is 5.82 Å². The first-order valence-electron chi connectivity index (χ1n) is 8.96. The second kappa shape index (κ2) is 8.12. The quantitative estimate of drug-likeness (QED) is 0.663. The summed E-state index contributed by atoms with van der Waals surface area (Å²) in [5.41, 5.74) is 3.21. The lowest BCUT2D eigenvalue weighted by Gasteiger charge is -2.22. The van der Waals surface area contributed by atoms with Crippen LogP contribution in [-0.2, 0) is 11.8 Å². The molecule has 0 radical (unpaired) electrons. The molecule has 2 N–H and O–H groups in total. The van der Waals surface area contributed by atoms with Crippen LogP contribution in [0.25, 0.3) is 0 Å². The van der Waals surface area contributed by atoms with Gasteiger partial charge in [-0.1, -0.05) is 51.1 Å². The minimum atomic E-state index is -0.224. The lowest BCUT2D eigenvalue weighted by molar-refractivity contribution is 0.592. The molecule has 0 fully saturated rings. The Labute approximate surface area is 159 Å². The van der Waals surface area contributed by atoms with Crippen molar-refractivity contribution in [2.24, 2.45) is 0 Å². The van der Waals surface area contributed by atoms with Crippen molar-refractivity contribution in [2.75, 3.05) is 17.2 Å². The molecule has 3 aromatic rings. The highest BCUT2D eigenvalue weighted by Crippen LogP contribution is 2.30. The van der Waals surface area contributed by atoms with Gasteiger partial charge in [0.05, 0.1) is 6.20 Å². The van der Waals surface area contributed by atoms with Crippen molar-refractivity contribution in [3.63, 3.8) is 0 Å². The molecular formula is C21H24FN5. The van der Waals surface area contributed by atoms with Gasteiger partial charge in [0.2, 0.25) is 5.95 Å². The molecule has 0 aliphatic heterocycles. The monoisotopic (exact) mass is 365 g/mol. The molecule has 0 spiro atoms. The first kappa shape index (κ1) is 18.8. The molecule has 0 bridgehead atoms. The molecule has 5 nitrogen and oxygen atoms in total. The van der Waals surface area contributed by atoms with Crippen LogP contribution < -0.4 is 10.6 Å². The Morgan fingerprint density at radius 3 is 2.48 bits per heavy atom. The smallest absolute Gasteiger partial charge is 0.249 e. The number of para-hydroxylation sites is 1. The van der Waals surface area contributed by atoms with Gasteiger partial charge in [-0.3, -0.25) is 0 Å². The molecule has 0 unspecified atom stereocenters. The summed E-state index contributed by atoms with van der Waals surface area (Å²) in [7, 11) is 0. The van der Waals surface area contributed by atoms with E-state index in [4.69, 9.17) is 0 Å². The van der Waals surface area contributed by atoms with E-state index in [0.717, 1.165) is 17.7 Å². The molecule has 6 heteroatoms. The van der Waals surface area contributed by atoms with Gasteiger partial charge in [-0.15, -0.1) is 5.10 Å². The van der Waals surface area contributed by atoms with Crippen molar-refractivity contribution in [1.29, 1.82) is 0 Å². The number of halogens is 1. The molecule has 0 aliphatic carbocycles. The average molecular weight is 365 g/mol. The number of hydrogen-bond acceptors (Lipinski definition) is 5. The van der Waals surface area contributed by atoms with Crippen molar-refractivity contribution < 1.29 is 4.39 Å². The normalized spacial score (nSPS) is 11.3. The van der Waals surface area contributed by atoms with E-state index in [1.54, 1.807) is 18.3 Å². The minimum Gasteiger partial charge on any atom is -0.368 e. The van der Waals surface area contributed by atoms with Gasteiger partial charge in [0, 0.05) is 12.2 Å². The third-order valence-electron chi connectivity index (χ3n) is 4.17. The summed E-state index contributed by atoms with van der Waals surface area (Å²) in [5, 5.41) is 14.6. The summed E-state index contributed by atoms with van der Waals surface area (Å²) in [4.78, 5) is 4.48. The van der Waals surface area contributed by atoms with Gasteiger partial charge < -0.3 is 10.6 Å². The Morgan fingerprint density at radius 1 is 1.00 bits per heavy atom. The Hall–Kier alpha value is -3.02. The molecule has 27 heavy (non-hydrogen) atoms. The van der Waals surface area contributed by atoms with Gasteiger partial charge >= 0.3 is 0 Å². The predicted molar refractivity (Wildman–Crippen MR) is 107 cm³/mol. The van der Waals surface area contributed by atoms with Crippen molar-refractivity contribution in [1.82, 2.24) is 15.2 Å². The van der Waals surface area contributed by atoms with Crippen LogP contribution in [0.5, 0.6) is 0 Å². The summed E-state index contributed by atoms with van der Waals surface area (Å²) < 4.78 is 13.0. The molecule has 0 amide bonds. The predicted octanol–water partition coefficient (Wildman–Crippen LogP) is 4.71. The van der Waals surface area contributed by atoms with Crippen LogP contribution in [-0.4, -0.2) is 21.7 Å². The van der Waals surface area contributed by atoms with E-state index in [-0.39, 0.29) is 11.2 Å². The molecule has 0 saturated carbocycles. The fourth-order valence-electron chi connectivity index (χ4n) is 2.79. The zero-order chi connectivity index (χ0) is 19.3. The number of anilines is 3. The summed E-state index contributed by atoms with van der Waals surface area (Å²) in [6.45, 7) is 7.17. The van der Waals surface area contributed by atoms with Gasteiger partial charge in [-0.2, -0.15) is 10.1 Å². The maximum atomic E-state index is 13.0. The van der Waals surface area contributed by atoms with Crippen LogP contribution in [0.15, 0.2) is 54.7 Å². The highest BCUT2D eigenvalue weighted by atomic mass is 19.1. The van der Waals surface area contributed by atoms with Crippen molar-refractivity contribution in [3.8, 4) is 0 Å². The Morgan fingerprint density at radius 2 is 1.74 bits per heavy atom. The SMILES string of the molecule is CC(C)(C)c1ccccc1Nc1nncc(NCCc2ccc(F)cc2)n1. The first-order valence-corrected chi connectivity index (χ1v) is 8.96. The van der Waals surface area contributed by atoms with Gasteiger partial charge in [0.1, 0.15) is 5.82 Å². The molecule has 0 saturated heterocycles. The van der Waals surface area contributed by atoms with Crippen molar-refractivity contribution in [3.05, 3.63) is 71.7 Å². The van der Waals surface area contributed by atoms with E-state index >= 15 is 0 Å². The number of aromatic nitrogens is 3. The summed E-state index contributed by atoms with van der Waals surface area (Å²) in [6, 6.07) is 14.6. The zero-order valence-corrected chi connectivity index (χ0v) is 15.8. The van der Waals surface area contributed by atoms with Gasteiger partial charge in [-0.25, -0.2) is 4.39 Å². The van der Waals surface area contributed by atoms with Crippen LogP contribution in [0.1, 0.15) is 31.9 Å². The number of nitrogens with one attached hydrogen (secondary N) is 2. The van der Waals surface area contributed by atoms with Gasteiger partial charge in [0.25, 0.3) is 0 Å². The van der Waals surface area contributed by atoms with E-state index in [0.29, 0.717) is 18.3 Å². The van der Waals surface area contributed by atoms with E-state index in [1.807, 2.05) is 18.2 Å². The fraction of sp³-hybridized carbons (Fsp3) is 0.286. The van der Waals surface area contributed by atoms with Gasteiger partial charge in [-0.05, 0) is 41.2 Å². The fourth-order valence-corrected chi connectivity index (χ4v) is 2.79. The minimum absolute atomic E-state index is 0.00202. The van der Waals surface area contributed by atoms with E-state index in [2.05, 4.69) is 52.7 Å². The van der Waals surface area contributed by atoms with Crippen molar-refractivity contribution in [2.45, 2.75) is 32.6 Å². The second-order valence-corrected chi connectivity index (χ2v) is 7.39. The summed E-state index contributed by atoms with van der Waals surface area (Å²) >= 11 is 0. The lowest BCUT2D eigenvalue weighted by Crippen LogP contribution is -2.14. The zero-order valence-electron chi connectivity index (χ0n) is 15.8. The third kappa shape index (κ3) is 5.23. The highest BCUT2D eigenvalue weighted by Gasteiger charge is 2.18. The maximum absolute atomic E-state index is 13.0. The Kier molecular flexibility index (Phi) is 5.64.